The normalized spacial score (nSPS) is 24.4. The molecular formula is C15H22. The van der Waals surface area contributed by atoms with Gasteiger partial charge in [-0.2, -0.15) is 0 Å². The standard InChI is InChI=1S/C15H22/c1-8-7-14-12(5)10(3)11(4)13(6)15(14)9(8)2/h8-9H,7H2,1-6H3. The van der Waals surface area contributed by atoms with Crippen molar-refractivity contribution in [3.05, 3.63) is 33.4 Å². The van der Waals surface area contributed by atoms with E-state index < -0.39 is 0 Å². The van der Waals surface area contributed by atoms with Crippen molar-refractivity contribution in [2.24, 2.45) is 5.92 Å². The number of hydrogen-bond donors (Lipinski definition) is 0. The Balaban J connectivity index is 2.75. The van der Waals surface area contributed by atoms with E-state index in [-0.39, 0.29) is 0 Å². The summed E-state index contributed by atoms with van der Waals surface area (Å²) in [4.78, 5) is 0. The maximum absolute atomic E-state index is 2.39. The van der Waals surface area contributed by atoms with Gasteiger partial charge < -0.3 is 0 Å². The third-order valence-electron chi connectivity index (χ3n) is 4.70. The molecule has 1 aromatic carbocycles. The molecule has 1 aromatic rings. The lowest BCUT2D eigenvalue weighted by atomic mass is 9.87. The summed E-state index contributed by atoms with van der Waals surface area (Å²) in [6.45, 7) is 13.9. The average molecular weight is 202 g/mol. The van der Waals surface area contributed by atoms with Crippen molar-refractivity contribution in [3.8, 4) is 0 Å². The zero-order valence-corrected chi connectivity index (χ0v) is 10.9. The molecule has 0 fully saturated rings. The molecule has 82 valence electrons. The molecule has 0 heterocycles. The lowest BCUT2D eigenvalue weighted by Crippen LogP contribution is -2.02. The predicted molar refractivity (Wildman–Crippen MR) is 66.7 cm³/mol. The Kier molecular flexibility index (Phi) is 2.41. The Bertz CT molecular complexity index is 413. The van der Waals surface area contributed by atoms with E-state index in [1.54, 1.807) is 22.3 Å². The van der Waals surface area contributed by atoms with E-state index >= 15 is 0 Å². The summed E-state index contributed by atoms with van der Waals surface area (Å²) in [5.41, 5.74) is 9.41. The van der Waals surface area contributed by atoms with Gasteiger partial charge in [-0.25, -0.2) is 0 Å². The number of fused-ring (bicyclic) bond motifs is 1. The number of rotatable bonds is 0. The van der Waals surface area contributed by atoms with Crippen molar-refractivity contribution in [1.82, 2.24) is 0 Å². The monoisotopic (exact) mass is 202 g/mol. The summed E-state index contributed by atoms with van der Waals surface area (Å²) in [5, 5.41) is 0. The molecule has 2 rings (SSSR count). The number of benzene rings is 1. The second-order valence-electron chi connectivity index (χ2n) is 5.36. The van der Waals surface area contributed by atoms with Crippen molar-refractivity contribution in [2.45, 2.75) is 53.9 Å². The fraction of sp³-hybridized carbons (Fsp3) is 0.600. The predicted octanol–water partition coefficient (Wildman–Crippen LogP) is 4.22. The zero-order chi connectivity index (χ0) is 11.3. The Morgan fingerprint density at radius 2 is 1.33 bits per heavy atom. The van der Waals surface area contributed by atoms with Crippen molar-refractivity contribution >= 4 is 0 Å². The van der Waals surface area contributed by atoms with E-state index in [2.05, 4.69) is 41.5 Å². The first-order valence-electron chi connectivity index (χ1n) is 6.04. The van der Waals surface area contributed by atoms with Crippen LogP contribution in [0.5, 0.6) is 0 Å². The Labute approximate surface area is 93.7 Å². The van der Waals surface area contributed by atoms with E-state index in [1.165, 1.54) is 17.5 Å². The quantitative estimate of drug-likeness (QED) is 0.591. The third-order valence-corrected chi connectivity index (χ3v) is 4.70. The van der Waals surface area contributed by atoms with E-state index in [0.717, 1.165) is 11.8 Å². The van der Waals surface area contributed by atoms with Crippen molar-refractivity contribution in [3.63, 3.8) is 0 Å². The first-order valence-corrected chi connectivity index (χ1v) is 6.04. The summed E-state index contributed by atoms with van der Waals surface area (Å²) in [6.07, 6.45) is 1.28. The Hall–Kier alpha value is -0.780. The van der Waals surface area contributed by atoms with Crippen molar-refractivity contribution in [1.29, 1.82) is 0 Å². The van der Waals surface area contributed by atoms with E-state index in [4.69, 9.17) is 0 Å². The zero-order valence-electron chi connectivity index (χ0n) is 10.9. The highest BCUT2D eigenvalue weighted by molar-refractivity contribution is 5.53. The van der Waals surface area contributed by atoms with Crippen LogP contribution in [0.1, 0.15) is 53.1 Å². The molecule has 0 radical (unpaired) electrons. The smallest absolute Gasteiger partial charge is 0.0156 e. The highest BCUT2D eigenvalue weighted by Gasteiger charge is 2.29. The van der Waals surface area contributed by atoms with Crippen LogP contribution in [0, 0.1) is 33.6 Å². The van der Waals surface area contributed by atoms with Crippen LogP contribution in [0.4, 0.5) is 0 Å². The van der Waals surface area contributed by atoms with Gasteiger partial charge in [-0.3, -0.25) is 0 Å². The molecule has 1 aliphatic carbocycles. The minimum atomic E-state index is 0.748. The Morgan fingerprint density at radius 3 is 1.93 bits per heavy atom. The summed E-state index contributed by atoms with van der Waals surface area (Å²) < 4.78 is 0. The van der Waals surface area contributed by atoms with Gasteiger partial charge in [0.2, 0.25) is 0 Å². The maximum Gasteiger partial charge on any atom is -0.0156 e. The molecule has 0 nitrogen and oxygen atoms in total. The van der Waals surface area contributed by atoms with Gasteiger partial charge in [0.15, 0.2) is 0 Å². The van der Waals surface area contributed by atoms with Gasteiger partial charge in [-0.05, 0) is 79.3 Å². The summed E-state index contributed by atoms with van der Waals surface area (Å²) in [5.74, 6) is 1.57. The first-order chi connectivity index (χ1) is 6.95. The molecule has 0 spiro atoms. The molecule has 0 aromatic heterocycles. The lowest BCUT2D eigenvalue weighted by Gasteiger charge is -2.18. The van der Waals surface area contributed by atoms with Gasteiger partial charge in [0, 0.05) is 0 Å². The van der Waals surface area contributed by atoms with Crippen molar-refractivity contribution in [2.75, 3.05) is 0 Å². The first kappa shape index (κ1) is 10.7. The van der Waals surface area contributed by atoms with Crippen LogP contribution in [0.25, 0.3) is 0 Å². The van der Waals surface area contributed by atoms with Crippen LogP contribution in [0.15, 0.2) is 0 Å². The third kappa shape index (κ3) is 1.34. The molecule has 0 N–H and O–H groups in total. The van der Waals surface area contributed by atoms with E-state index in [1.807, 2.05) is 0 Å². The maximum atomic E-state index is 2.39. The molecule has 2 atom stereocenters. The fourth-order valence-corrected chi connectivity index (χ4v) is 3.08. The van der Waals surface area contributed by atoms with E-state index in [9.17, 15) is 0 Å². The minimum absolute atomic E-state index is 0.748. The molecule has 0 saturated heterocycles. The van der Waals surface area contributed by atoms with Gasteiger partial charge in [0.1, 0.15) is 0 Å². The second kappa shape index (κ2) is 3.37. The highest BCUT2D eigenvalue weighted by Crippen LogP contribution is 2.42. The summed E-state index contributed by atoms with van der Waals surface area (Å²) in [6, 6.07) is 0. The van der Waals surface area contributed by atoms with Crippen LogP contribution < -0.4 is 0 Å². The van der Waals surface area contributed by atoms with Crippen molar-refractivity contribution < 1.29 is 0 Å². The molecule has 0 amide bonds. The lowest BCUT2D eigenvalue weighted by molar-refractivity contribution is 0.530. The molecule has 0 bridgehead atoms. The fourth-order valence-electron chi connectivity index (χ4n) is 3.08. The van der Waals surface area contributed by atoms with Crippen LogP contribution in [-0.2, 0) is 6.42 Å². The molecule has 2 unspecified atom stereocenters. The van der Waals surface area contributed by atoms with Gasteiger partial charge in [-0.15, -0.1) is 0 Å². The van der Waals surface area contributed by atoms with Gasteiger partial charge in [-0.1, -0.05) is 13.8 Å². The second-order valence-corrected chi connectivity index (χ2v) is 5.36. The molecule has 0 heteroatoms. The molecular weight excluding hydrogens is 180 g/mol. The molecule has 0 aliphatic heterocycles. The molecule has 15 heavy (non-hydrogen) atoms. The average Bonchev–Trinajstić information content (AvgIpc) is 2.50. The van der Waals surface area contributed by atoms with Crippen LogP contribution >= 0.6 is 0 Å². The van der Waals surface area contributed by atoms with E-state index in [0.29, 0.717) is 0 Å². The van der Waals surface area contributed by atoms with Gasteiger partial charge in [0.05, 0.1) is 0 Å². The van der Waals surface area contributed by atoms with Crippen LogP contribution in [0.3, 0.4) is 0 Å². The summed E-state index contributed by atoms with van der Waals surface area (Å²) in [7, 11) is 0. The van der Waals surface area contributed by atoms with Gasteiger partial charge in [0.25, 0.3) is 0 Å². The topological polar surface area (TPSA) is 0 Å². The SMILES string of the molecule is Cc1c(C)c(C)c2c(c1C)CC(C)C2C. The van der Waals surface area contributed by atoms with Crippen LogP contribution in [-0.4, -0.2) is 0 Å². The number of hydrogen-bond acceptors (Lipinski definition) is 0. The summed E-state index contributed by atoms with van der Waals surface area (Å²) >= 11 is 0. The largest absolute Gasteiger partial charge is 0.0616 e. The van der Waals surface area contributed by atoms with Crippen LogP contribution in [0.2, 0.25) is 0 Å². The molecule has 0 saturated carbocycles. The molecule has 1 aliphatic rings. The highest BCUT2D eigenvalue weighted by atomic mass is 14.3. The Morgan fingerprint density at radius 1 is 0.800 bits per heavy atom. The van der Waals surface area contributed by atoms with Gasteiger partial charge >= 0.3 is 0 Å². The minimum Gasteiger partial charge on any atom is -0.0616 e.